The van der Waals surface area contributed by atoms with Gasteiger partial charge in [0.05, 0.1) is 0 Å². The summed E-state index contributed by atoms with van der Waals surface area (Å²) in [6.45, 7) is 2.07. The van der Waals surface area contributed by atoms with Gasteiger partial charge in [-0.05, 0) is 56.7 Å². The Bertz CT molecular complexity index is 470. The van der Waals surface area contributed by atoms with Crippen LogP contribution in [0.3, 0.4) is 0 Å². The summed E-state index contributed by atoms with van der Waals surface area (Å²) in [7, 11) is 0. The van der Waals surface area contributed by atoms with Crippen molar-refractivity contribution in [3.63, 3.8) is 0 Å². The van der Waals surface area contributed by atoms with Gasteiger partial charge in [-0.1, -0.05) is 31.4 Å². The van der Waals surface area contributed by atoms with Gasteiger partial charge in [0, 0.05) is 12.1 Å². The van der Waals surface area contributed by atoms with Gasteiger partial charge in [0.15, 0.2) is 0 Å². The number of aliphatic hydroxyl groups is 1. The van der Waals surface area contributed by atoms with E-state index >= 15 is 0 Å². The van der Waals surface area contributed by atoms with Crippen LogP contribution in [0.25, 0.3) is 0 Å². The lowest BCUT2D eigenvalue weighted by molar-refractivity contribution is -0.0191. The fourth-order valence-corrected chi connectivity index (χ4v) is 3.89. The summed E-state index contributed by atoms with van der Waals surface area (Å²) in [5.74, 6) is 0.877. The zero-order valence-electron chi connectivity index (χ0n) is 13.6. The summed E-state index contributed by atoms with van der Waals surface area (Å²) < 4.78 is 6.08. The highest BCUT2D eigenvalue weighted by Crippen LogP contribution is 2.27. The largest absolute Gasteiger partial charge is 0.488 e. The van der Waals surface area contributed by atoms with Gasteiger partial charge in [0.25, 0.3) is 0 Å². The van der Waals surface area contributed by atoms with Crippen molar-refractivity contribution in [1.29, 1.82) is 0 Å². The minimum Gasteiger partial charge on any atom is -0.488 e. The number of aryl methyl sites for hydroxylation is 1. The van der Waals surface area contributed by atoms with Crippen LogP contribution in [-0.4, -0.2) is 29.4 Å². The normalized spacial score (nSPS) is 30.2. The van der Waals surface area contributed by atoms with Crippen LogP contribution in [0.15, 0.2) is 24.3 Å². The van der Waals surface area contributed by atoms with Crippen molar-refractivity contribution >= 4 is 0 Å². The number of nitrogens with one attached hydrogen (secondary N) is 1. The van der Waals surface area contributed by atoms with E-state index in [4.69, 9.17) is 4.74 Å². The molecule has 0 amide bonds. The number of benzene rings is 1. The Labute approximate surface area is 134 Å². The second-order valence-corrected chi connectivity index (χ2v) is 7.00. The summed E-state index contributed by atoms with van der Waals surface area (Å²) in [6.07, 6.45) is 9.16. The molecule has 2 N–H and O–H groups in total. The molecule has 2 aliphatic carbocycles. The first-order chi connectivity index (χ1) is 10.7. The predicted molar refractivity (Wildman–Crippen MR) is 89.2 cm³/mol. The molecule has 3 heteroatoms. The molecule has 0 heterocycles. The Balaban J connectivity index is 1.58. The Hall–Kier alpha value is -1.06. The van der Waals surface area contributed by atoms with Crippen molar-refractivity contribution in [3.8, 4) is 5.75 Å². The van der Waals surface area contributed by atoms with Crippen molar-refractivity contribution < 1.29 is 9.84 Å². The van der Waals surface area contributed by atoms with Gasteiger partial charge < -0.3 is 15.2 Å². The van der Waals surface area contributed by atoms with Crippen LogP contribution in [0.2, 0.25) is 0 Å². The Morgan fingerprint density at radius 3 is 2.64 bits per heavy atom. The maximum atomic E-state index is 10.7. The van der Waals surface area contributed by atoms with E-state index in [9.17, 15) is 5.11 Å². The third-order valence-corrected chi connectivity index (χ3v) is 5.13. The van der Waals surface area contributed by atoms with Gasteiger partial charge in [0.2, 0.25) is 0 Å². The first kappa shape index (κ1) is 15.8. The molecule has 3 nitrogen and oxygen atoms in total. The Morgan fingerprint density at radius 2 is 1.86 bits per heavy atom. The van der Waals surface area contributed by atoms with Crippen molar-refractivity contribution in [2.45, 2.75) is 82.6 Å². The molecule has 0 radical (unpaired) electrons. The van der Waals surface area contributed by atoms with Crippen LogP contribution in [0.5, 0.6) is 5.75 Å². The molecule has 0 unspecified atom stereocenters. The highest BCUT2D eigenvalue weighted by molar-refractivity contribution is 5.27. The number of rotatable bonds is 4. The van der Waals surface area contributed by atoms with E-state index in [0.717, 1.165) is 25.0 Å². The minimum atomic E-state index is -0.406. The Morgan fingerprint density at radius 1 is 1.05 bits per heavy atom. The fourth-order valence-electron chi connectivity index (χ4n) is 3.89. The van der Waals surface area contributed by atoms with E-state index in [2.05, 4.69) is 18.3 Å². The third-order valence-electron chi connectivity index (χ3n) is 5.13. The molecule has 0 aliphatic heterocycles. The van der Waals surface area contributed by atoms with Crippen molar-refractivity contribution in [1.82, 2.24) is 5.32 Å². The molecule has 2 aliphatic rings. The van der Waals surface area contributed by atoms with Gasteiger partial charge in [-0.3, -0.25) is 0 Å². The smallest absolute Gasteiger partial charge is 0.126 e. The van der Waals surface area contributed by atoms with Crippen LogP contribution in [0, 0.1) is 6.92 Å². The van der Waals surface area contributed by atoms with E-state index in [-0.39, 0.29) is 12.1 Å². The molecule has 0 aromatic heterocycles. The molecule has 1 aromatic carbocycles. The number of hydrogen-bond donors (Lipinski definition) is 2. The molecule has 22 heavy (non-hydrogen) atoms. The first-order valence-corrected chi connectivity index (χ1v) is 8.90. The van der Waals surface area contributed by atoms with E-state index in [1.54, 1.807) is 0 Å². The van der Waals surface area contributed by atoms with Crippen LogP contribution in [0.1, 0.15) is 56.9 Å². The summed E-state index contributed by atoms with van der Waals surface area (Å²) in [5, 5.41) is 14.4. The van der Waals surface area contributed by atoms with E-state index in [1.165, 1.54) is 37.7 Å². The molecule has 2 saturated carbocycles. The van der Waals surface area contributed by atoms with Gasteiger partial charge in [-0.15, -0.1) is 0 Å². The van der Waals surface area contributed by atoms with Crippen molar-refractivity contribution in [3.05, 3.63) is 29.8 Å². The topological polar surface area (TPSA) is 41.5 Å². The average molecular weight is 303 g/mol. The second-order valence-electron chi connectivity index (χ2n) is 7.00. The highest BCUT2D eigenvalue weighted by atomic mass is 16.5. The molecular weight excluding hydrogens is 274 g/mol. The third kappa shape index (κ3) is 4.02. The molecule has 2 fully saturated rings. The SMILES string of the molecule is Cc1cccc(O[C@@H]2CCC[C@H](NC3CCCCC3)[C@H]2O)c1. The zero-order chi connectivity index (χ0) is 15.4. The molecular formula is C19H29NO2. The monoisotopic (exact) mass is 303 g/mol. The number of aliphatic hydroxyl groups excluding tert-OH is 1. The number of hydrogen-bond acceptors (Lipinski definition) is 3. The van der Waals surface area contributed by atoms with Crippen LogP contribution < -0.4 is 10.1 Å². The van der Waals surface area contributed by atoms with E-state index in [0.29, 0.717) is 6.04 Å². The van der Waals surface area contributed by atoms with E-state index in [1.807, 2.05) is 18.2 Å². The summed E-state index contributed by atoms with van der Waals surface area (Å²) in [6, 6.07) is 8.88. The van der Waals surface area contributed by atoms with Crippen LogP contribution in [0.4, 0.5) is 0 Å². The lowest BCUT2D eigenvalue weighted by Gasteiger charge is -2.38. The Kier molecular flexibility index (Phi) is 5.37. The molecule has 3 rings (SSSR count). The second kappa shape index (κ2) is 7.47. The summed E-state index contributed by atoms with van der Waals surface area (Å²) in [5.41, 5.74) is 1.19. The van der Waals surface area contributed by atoms with Crippen LogP contribution >= 0.6 is 0 Å². The molecule has 0 bridgehead atoms. The zero-order valence-corrected chi connectivity index (χ0v) is 13.6. The van der Waals surface area contributed by atoms with Crippen molar-refractivity contribution in [2.75, 3.05) is 0 Å². The molecule has 122 valence electrons. The summed E-state index contributed by atoms with van der Waals surface area (Å²) >= 11 is 0. The number of ether oxygens (including phenoxy) is 1. The van der Waals surface area contributed by atoms with Gasteiger partial charge >= 0.3 is 0 Å². The maximum absolute atomic E-state index is 10.7. The van der Waals surface area contributed by atoms with Crippen molar-refractivity contribution in [2.24, 2.45) is 0 Å². The standard InChI is InChI=1S/C19H29NO2/c1-14-7-5-10-16(13-14)22-18-12-6-11-17(19(18)21)20-15-8-3-2-4-9-15/h5,7,10,13,15,17-21H,2-4,6,8-9,11-12H2,1H3/t17-,18+,19+/m0/s1. The fraction of sp³-hybridized carbons (Fsp3) is 0.684. The maximum Gasteiger partial charge on any atom is 0.126 e. The highest BCUT2D eigenvalue weighted by Gasteiger charge is 2.34. The predicted octanol–water partition coefficient (Wildman–Crippen LogP) is 3.58. The molecule has 0 spiro atoms. The summed E-state index contributed by atoms with van der Waals surface area (Å²) in [4.78, 5) is 0. The molecule has 1 aromatic rings. The lowest BCUT2D eigenvalue weighted by atomic mass is 9.87. The van der Waals surface area contributed by atoms with Gasteiger partial charge in [-0.2, -0.15) is 0 Å². The quantitative estimate of drug-likeness (QED) is 0.893. The minimum absolute atomic E-state index is 0.0864. The lowest BCUT2D eigenvalue weighted by Crippen LogP contribution is -2.54. The van der Waals surface area contributed by atoms with Crippen LogP contribution in [-0.2, 0) is 0 Å². The van der Waals surface area contributed by atoms with Gasteiger partial charge in [0.1, 0.15) is 18.0 Å². The van der Waals surface area contributed by atoms with Gasteiger partial charge in [-0.25, -0.2) is 0 Å². The average Bonchev–Trinajstić information content (AvgIpc) is 2.52. The van der Waals surface area contributed by atoms with E-state index < -0.39 is 6.10 Å². The molecule has 0 saturated heterocycles. The first-order valence-electron chi connectivity index (χ1n) is 8.90. The molecule has 3 atom stereocenters.